The molecule has 0 amide bonds. The average molecular weight is 767 g/mol. The zero-order valence-corrected chi connectivity index (χ0v) is 34.2. The maximum Gasteiger partial charge on any atom is 0.137 e. The molecule has 4 nitrogen and oxygen atoms in total. The number of hydrogen-bond donors (Lipinski definition) is 0. The Hall–Kier alpha value is -6.91. The van der Waals surface area contributed by atoms with Gasteiger partial charge in [0.2, 0.25) is 0 Å². The van der Waals surface area contributed by atoms with E-state index >= 15 is 0 Å². The number of benzene rings is 7. The highest BCUT2D eigenvalue weighted by molar-refractivity contribution is 6.09. The quantitative estimate of drug-likeness (QED) is 0.154. The molecule has 3 heterocycles. The number of rotatable bonds is 8. The third kappa shape index (κ3) is 6.46. The number of anilines is 4. The molecule has 4 heteroatoms. The summed E-state index contributed by atoms with van der Waals surface area (Å²) in [6.45, 7) is 11.6. The van der Waals surface area contributed by atoms with E-state index in [1.54, 1.807) is 0 Å². The first kappa shape index (κ1) is 34.2. The zero-order chi connectivity index (χ0) is 42.0. The number of aryl methyl sites for hydroxylation is 3. The minimum atomic E-state index is -1.87. The molecule has 0 bridgehead atoms. The first-order valence-corrected chi connectivity index (χ1v) is 20.5. The average Bonchev–Trinajstić information content (AvgIpc) is 3.83. The molecule has 0 saturated carbocycles. The molecule has 288 valence electrons. The fourth-order valence-electron chi connectivity index (χ4n) is 9.30. The molecular weight excluding hydrogens is 717 g/mol. The fraction of sp³-hybridized carbons (Fsp3) is 0.145. The number of hydrogen-bond acceptors (Lipinski definition) is 3. The summed E-state index contributed by atoms with van der Waals surface area (Å²) in [5.74, 6) is 0.802. The van der Waals surface area contributed by atoms with Crippen LogP contribution in [-0.4, -0.2) is 16.2 Å². The van der Waals surface area contributed by atoms with Crippen LogP contribution in [0.25, 0.3) is 38.8 Å². The van der Waals surface area contributed by atoms with E-state index in [4.69, 9.17) is 4.98 Å². The Kier molecular flexibility index (Phi) is 8.38. The number of nitrogens with zero attached hydrogens (tertiary/aromatic N) is 4. The molecule has 0 spiro atoms. The zero-order valence-electron chi connectivity index (χ0n) is 36.2. The summed E-state index contributed by atoms with van der Waals surface area (Å²) in [5.41, 5.74) is 15.2. The molecular formula is C55H48N4. The van der Waals surface area contributed by atoms with Crippen molar-refractivity contribution in [3.05, 3.63) is 215 Å². The van der Waals surface area contributed by atoms with Crippen LogP contribution in [0.2, 0.25) is 0 Å². The van der Waals surface area contributed by atoms with E-state index in [1.165, 1.54) is 22.3 Å². The number of fused-ring (bicyclic) bond motifs is 4. The van der Waals surface area contributed by atoms with E-state index in [1.807, 2.05) is 24.4 Å². The number of aromatic nitrogens is 2. The van der Waals surface area contributed by atoms with Crippen molar-refractivity contribution in [1.82, 2.24) is 9.55 Å². The lowest BCUT2D eigenvalue weighted by Crippen LogP contribution is -2.24. The van der Waals surface area contributed by atoms with Crippen LogP contribution in [0.4, 0.5) is 22.7 Å². The highest BCUT2D eigenvalue weighted by atomic mass is 15.4. The molecule has 1 aliphatic heterocycles. The van der Waals surface area contributed by atoms with E-state index in [0.29, 0.717) is 17.8 Å². The molecule has 0 N–H and O–H groups in total. The lowest BCUT2D eigenvalue weighted by molar-refractivity contribution is 0.639. The van der Waals surface area contributed by atoms with Crippen molar-refractivity contribution < 1.29 is 2.74 Å². The molecule has 2 aromatic heterocycles. The van der Waals surface area contributed by atoms with Gasteiger partial charge in [0.15, 0.2) is 0 Å². The normalized spacial score (nSPS) is 13.5. The van der Waals surface area contributed by atoms with Crippen molar-refractivity contribution in [1.29, 1.82) is 0 Å². The van der Waals surface area contributed by atoms with Gasteiger partial charge in [-0.1, -0.05) is 129 Å². The summed E-state index contributed by atoms with van der Waals surface area (Å²) in [6.07, 6.45) is 0.0340. The van der Waals surface area contributed by atoms with E-state index in [0.717, 1.165) is 67.1 Å². The van der Waals surface area contributed by atoms with Crippen LogP contribution in [-0.2, 0) is 11.8 Å². The summed E-state index contributed by atoms with van der Waals surface area (Å²) in [6, 6.07) is 59.2. The maximum absolute atomic E-state index is 10.1. The second kappa shape index (κ2) is 14.5. The van der Waals surface area contributed by atoms with Gasteiger partial charge in [0.1, 0.15) is 12.5 Å². The van der Waals surface area contributed by atoms with Gasteiger partial charge < -0.3 is 9.80 Å². The van der Waals surface area contributed by atoms with E-state index in [2.05, 4.69) is 201 Å². The van der Waals surface area contributed by atoms with Crippen molar-refractivity contribution in [2.75, 3.05) is 16.5 Å². The van der Waals surface area contributed by atoms with Gasteiger partial charge >= 0.3 is 0 Å². The lowest BCUT2D eigenvalue weighted by atomic mass is 9.78. The van der Waals surface area contributed by atoms with Crippen LogP contribution in [0.1, 0.15) is 55.5 Å². The second-order valence-corrected chi connectivity index (χ2v) is 16.5. The van der Waals surface area contributed by atoms with E-state index < -0.39 is 6.37 Å². The summed E-state index contributed by atoms with van der Waals surface area (Å²) < 4.78 is 22.4. The van der Waals surface area contributed by atoms with E-state index in [-0.39, 0.29) is 5.41 Å². The standard InChI is InChI=1S/C55H48N4/c1-37-28-38(2)54(39(3)29-37)42-31-41(32-46(34-42)58-36-57(45-18-10-7-11-19-45)50-22-14-15-23-51(50)58)30-40-24-25-48-47-20-12-13-21-49(47)59(52(48)33-40)53-35-44(26-27-56-53)55(4,5)43-16-8-6-9-17-43/h6-29,31-35H,30,36H2,1-5H3/i30D2. The monoisotopic (exact) mass is 766 g/mol. The Bertz CT molecular complexity index is 3090. The van der Waals surface area contributed by atoms with Crippen molar-refractivity contribution in [2.45, 2.75) is 46.4 Å². The Labute approximate surface area is 350 Å². The maximum atomic E-state index is 10.1. The second-order valence-electron chi connectivity index (χ2n) is 16.5. The van der Waals surface area contributed by atoms with Crippen LogP contribution in [0, 0.1) is 20.8 Å². The summed E-state index contributed by atoms with van der Waals surface area (Å²) in [5, 5.41) is 2.16. The van der Waals surface area contributed by atoms with Crippen LogP contribution >= 0.6 is 0 Å². The first-order valence-electron chi connectivity index (χ1n) is 21.5. The lowest BCUT2D eigenvalue weighted by Gasteiger charge is -2.26. The van der Waals surface area contributed by atoms with Gasteiger partial charge in [-0.25, -0.2) is 4.98 Å². The van der Waals surface area contributed by atoms with Crippen LogP contribution in [0.3, 0.4) is 0 Å². The molecule has 0 radical (unpaired) electrons. The van der Waals surface area contributed by atoms with Crippen molar-refractivity contribution in [2.24, 2.45) is 0 Å². The molecule has 0 unspecified atom stereocenters. The SMILES string of the molecule is [2H]C([2H])(c1cc(-c2c(C)cc(C)cc2C)cc(N2CN(c3ccccc3)c3ccccc32)c1)c1ccc2c3ccccc3n(-c3cc(C(C)(C)c4ccccc4)ccn3)c2c1. The van der Waals surface area contributed by atoms with E-state index in [9.17, 15) is 2.74 Å². The number of pyridine rings is 1. The van der Waals surface area contributed by atoms with Crippen molar-refractivity contribution in [3.8, 4) is 16.9 Å². The molecule has 1 aliphatic rings. The van der Waals surface area contributed by atoms with Gasteiger partial charge in [-0.3, -0.25) is 4.57 Å². The fourth-order valence-corrected chi connectivity index (χ4v) is 9.30. The van der Waals surface area contributed by atoms with Crippen LogP contribution in [0.5, 0.6) is 0 Å². The molecule has 59 heavy (non-hydrogen) atoms. The van der Waals surface area contributed by atoms with Crippen molar-refractivity contribution >= 4 is 44.6 Å². The predicted molar refractivity (Wildman–Crippen MR) is 248 cm³/mol. The largest absolute Gasteiger partial charge is 0.321 e. The minimum absolute atomic E-state index is 0.259. The summed E-state index contributed by atoms with van der Waals surface area (Å²) in [7, 11) is 0. The van der Waals surface area contributed by atoms with Crippen LogP contribution in [0.15, 0.2) is 176 Å². The molecule has 0 fully saturated rings. The Morgan fingerprint density at radius 3 is 1.95 bits per heavy atom. The third-order valence-electron chi connectivity index (χ3n) is 12.2. The Balaban J connectivity index is 1.14. The van der Waals surface area contributed by atoms with Gasteiger partial charge in [0.05, 0.1) is 22.4 Å². The molecule has 0 atom stereocenters. The Morgan fingerprint density at radius 1 is 0.559 bits per heavy atom. The predicted octanol–water partition coefficient (Wildman–Crippen LogP) is 13.9. The first-order chi connectivity index (χ1) is 29.5. The highest BCUT2D eigenvalue weighted by Crippen LogP contribution is 2.46. The smallest absolute Gasteiger partial charge is 0.137 e. The third-order valence-corrected chi connectivity index (χ3v) is 12.2. The highest BCUT2D eigenvalue weighted by Gasteiger charge is 2.29. The van der Waals surface area contributed by atoms with Crippen molar-refractivity contribution in [3.63, 3.8) is 0 Å². The molecule has 7 aromatic carbocycles. The molecule has 10 rings (SSSR count). The summed E-state index contributed by atoms with van der Waals surface area (Å²) in [4.78, 5) is 9.62. The minimum Gasteiger partial charge on any atom is -0.321 e. The molecule has 0 saturated heterocycles. The summed E-state index contributed by atoms with van der Waals surface area (Å²) >= 11 is 0. The van der Waals surface area contributed by atoms with Crippen LogP contribution < -0.4 is 9.80 Å². The topological polar surface area (TPSA) is 24.3 Å². The van der Waals surface area contributed by atoms with Gasteiger partial charge in [-0.15, -0.1) is 0 Å². The van der Waals surface area contributed by atoms with Gasteiger partial charge in [0, 0.05) is 36.5 Å². The molecule has 0 aliphatic carbocycles. The van der Waals surface area contributed by atoms with Gasteiger partial charge in [-0.2, -0.15) is 0 Å². The number of para-hydroxylation sites is 4. The molecule has 9 aromatic rings. The van der Waals surface area contributed by atoms with Gasteiger partial charge in [-0.05, 0) is 132 Å². The Morgan fingerprint density at radius 2 is 1.20 bits per heavy atom. The van der Waals surface area contributed by atoms with Gasteiger partial charge in [0.25, 0.3) is 0 Å².